The van der Waals surface area contributed by atoms with Crippen molar-refractivity contribution in [2.24, 2.45) is 0 Å². The minimum Gasteiger partial charge on any atom is -0.399 e. The van der Waals surface area contributed by atoms with E-state index in [2.05, 4.69) is 5.32 Å². The molecule has 6 heteroatoms. The molecule has 0 aromatic heterocycles. The molecule has 0 aliphatic carbocycles. The Balaban J connectivity index is 2.20. The van der Waals surface area contributed by atoms with Crippen LogP contribution >= 0.6 is 0 Å². The molecule has 3 nitrogen and oxygen atoms in total. The maximum Gasteiger partial charge on any atom is 0.231 e. The minimum absolute atomic E-state index is 0.408. The number of amides is 1. The second kappa shape index (κ2) is 5.87. The van der Waals surface area contributed by atoms with Crippen LogP contribution in [0.2, 0.25) is 0 Å². The lowest BCUT2D eigenvalue weighted by molar-refractivity contribution is -0.117. The zero-order valence-electron chi connectivity index (χ0n) is 11.2. The fraction of sp³-hybridized carbons (Fsp3) is 0.133. The molecule has 0 bridgehead atoms. The van der Waals surface area contributed by atoms with E-state index >= 15 is 0 Å². The summed E-state index contributed by atoms with van der Waals surface area (Å²) in [5, 5.41) is 2.23. The van der Waals surface area contributed by atoms with Crippen LogP contribution in [-0.2, 0) is 4.79 Å². The maximum absolute atomic E-state index is 13.5. The van der Waals surface area contributed by atoms with Gasteiger partial charge in [-0.15, -0.1) is 0 Å². The van der Waals surface area contributed by atoms with Crippen LogP contribution in [0.4, 0.5) is 24.5 Å². The standard InChI is InChI=1S/C15H13F3N2O/c1-8(9-3-2-4-10(19)7-9)15(21)20-12-6-5-11(16)13(17)14(12)18/h2-8H,19H2,1H3,(H,20,21). The Morgan fingerprint density at radius 1 is 1.14 bits per heavy atom. The van der Waals surface area contributed by atoms with E-state index in [1.165, 1.54) is 0 Å². The van der Waals surface area contributed by atoms with Gasteiger partial charge in [0.05, 0.1) is 11.6 Å². The molecule has 21 heavy (non-hydrogen) atoms. The Bertz CT molecular complexity index is 689. The molecule has 0 radical (unpaired) electrons. The lowest BCUT2D eigenvalue weighted by Crippen LogP contribution is -2.20. The highest BCUT2D eigenvalue weighted by Gasteiger charge is 2.19. The van der Waals surface area contributed by atoms with Crippen molar-refractivity contribution in [2.45, 2.75) is 12.8 Å². The van der Waals surface area contributed by atoms with Crippen LogP contribution < -0.4 is 11.1 Å². The third-order valence-corrected chi connectivity index (χ3v) is 3.10. The molecule has 1 atom stereocenters. The van der Waals surface area contributed by atoms with Crippen LogP contribution in [0.25, 0.3) is 0 Å². The molecule has 0 heterocycles. The van der Waals surface area contributed by atoms with Gasteiger partial charge in [0.15, 0.2) is 17.5 Å². The molecule has 2 rings (SSSR count). The molecule has 0 saturated heterocycles. The zero-order chi connectivity index (χ0) is 15.6. The molecule has 0 saturated carbocycles. The van der Waals surface area contributed by atoms with Gasteiger partial charge in [0.25, 0.3) is 0 Å². The van der Waals surface area contributed by atoms with Gasteiger partial charge in [0.2, 0.25) is 5.91 Å². The van der Waals surface area contributed by atoms with Crippen LogP contribution in [0.1, 0.15) is 18.4 Å². The maximum atomic E-state index is 13.5. The highest BCUT2D eigenvalue weighted by molar-refractivity contribution is 5.95. The molecular formula is C15H13F3N2O. The summed E-state index contributed by atoms with van der Waals surface area (Å²) in [5.74, 6) is -5.53. The van der Waals surface area contributed by atoms with E-state index in [0.29, 0.717) is 11.3 Å². The van der Waals surface area contributed by atoms with Gasteiger partial charge < -0.3 is 11.1 Å². The van der Waals surface area contributed by atoms with Crippen molar-refractivity contribution in [2.75, 3.05) is 11.1 Å². The topological polar surface area (TPSA) is 55.1 Å². The lowest BCUT2D eigenvalue weighted by atomic mass is 10.00. The van der Waals surface area contributed by atoms with Gasteiger partial charge in [-0.2, -0.15) is 0 Å². The first-order chi connectivity index (χ1) is 9.90. The highest BCUT2D eigenvalue weighted by atomic mass is 19.2. The Kier molecular flexibility index (Phi) is 4.16. The number of nitrogens with one attached hydrogen (secondary N) is 1. The number of hydrogen-bond acceptors (Lipinski definition) is 2. The van der Waals surface area contributed by atoms with Crippen LogP contribution in [-0.4, -0.2) is 5.91 Å². The largest absolute Gasteiger partial charge is 0.399 e. The fourth-order valence-electron chi connectivity index (χ4n) is 1.84. The van der Waals surface area contributed by atoms with Crippen molar-refractivity contribution in [3.8, 4) is 0 Å². The van der Waals surface area contributed by atoms with Crippen molar-refractivity contribution in [3.05, 3.63) is 59.4 Å². The van der Waals surface area contributed by atoms with Crippen molar-refractivity contribution in [1.29, 1.82) is 0 Å². The summed E-state index contributed by atoms with van der Waals surface area (Å²) in [6, 6.07) is 8.39. The fourth-order valence-corrected chi connectivity index (χ4v) is 1.84. The summed E-state index contributed by atoms with van der Waals surface area (Å²) >= 11 is 0. The summed E-state index contributed by atoms with van der Waals surface area (Å²) in [7, 11) is 0. The average Bonchev–Trinajstić information content (AvgIpc) is 2.47. The zero-order valence-corrected chi connectivity index (χ0v) is 11.2. The molecule has 3 N–H and O–H groups in total. The first-order valence-corrected chi connectivity index (χ1v) is 6.20. The number of halogens is 3. The average molecular weight is 294 g/mol. The Morgan fingerprint density at radius 3 is 2.52 bits per heavy atom. The Hall–Kier alpha value is -2.50. The van der Waals surface area contributed by atoms with Crippen molar-refractivity contribution in [1.82, 2.24) is 0 Å². The van der Waals surface area contributed by atoms with Gasteiger partial charge in [0, 0.05) is 5.69 Å². The summed E-state index contributed by atoms with van der Waals surface area (Å²) in [6.45, 7) is 1.60. The Labute approximate surface area is 119 Å². The molecule has 0 spiro atoms. The lowest BCUT2D eigenvalue weighted by Gasteiger charge is -2.13. The Morgan fingerprint density at radius 2 is 1.86 bits per heavy atom. The van der Waals surface area contributed by atoms with E-state index in [1.807, 2.05) is 0 Å². The molecule has 110 valence electrons. The number of nitrogen functional groups attached to an aromatic ring is 1. The van der Waals surface area contributed by atoms with Crippen molar-refractivity contribution in [3.63, 3.8) is 0 Å². The summed E-state index contributed by atoms with van der Waals surface area (Å²) in [6.07, 6.45) is 0. The van der Waals surface area contributed by atoms with E-state index in [1.54, 1.807) is 31.2 Å². The summed E-state index contributed by atoms with van der Waals surface area (Å²) in [5.41, 5.74) is 6.35. The quantitative estimate of drug-likeness (QED) is 0.673. The van der Waals surface area contributed by atoms with E-state index in [9.17, 15) is 18.0 Å². The van der Waals surface area contributed by atoms with Crippen LogP contribution in [0.15, 0.2) is 36.4 Å². The molecule has 0 aliphatic rings. The number of carbonyl (C=O) groups excluding carboxylic acids is 1. The monoisotopic (exact) mass is 294 g/mol. The number of anilines is 2. The van der Waals surface area contributed by atoms with Crippen LogP contribution in [0, 0.1) is 17.5 Å². The van der Waals surface area contributed by atoms with E-state index in [-0.39, 0.29) is 0 Å². The molecule has 0 fully saturated rings. The minimum atomic E-state index is -1.62. The third kappa shape index (κ3) is 3.16. The first-order valence-electron chi connectivity index (χ1n) is 6.20. The van der Waals surface area contributed by atoms with Gasteiger partial charge >= 0.3 is 0 Å². The van der Waals surface area contributed by atoms with Crippen LogP contribution in [0.3, 0.4) is 0 Å². The molecular weight excluding hydrogens is 281 g/mol. The van der Waals surface area contributed by atoms with Gasteiger partial charge in [-0.25, -0.2) is 13.2 Å². The van der Waals surface area contributed by atoms with Crippen molar-refractivity contribution < 1.29 is 18.0 Å². The van der Waals surface area contributed by atoms with Crippen molar-refractivity contribution >= 4 is 17.3 Å². The van der Waals surface area contributed by atoms with Gasteiger partial charge in [0.1, 0.15) is 0 Å². The number of hydrogen-bond donors (Lipinski definition) is 2. The number of rotatable bonds is 3. The van der Waals surface area contributed by atoms with E-state index in [0.717, 1.165) is 12.1 Å². The first kappa shape index (κ1) is 14.9. The molecule has 1 amide bonds. The molecule has 1 unspecified atom stereocenters. The summed E-state index contributed by atoms with van der Waals surface area (Å²) < 4.78 is 39.4. The predicted molar refractivity (Wildman–Crippen MR) is 74.2 cm³/mol. The number of carbonyl (C=O) groups is 1. The highest BCUT2D eigenvalue weighted by Crippen LogP contribution is 2.23. The third-order valence-electron chi connectivity index (χ3n) is 3.10. The normalized spacial score (nSPS) is 12.0. The second-order valence-electron chi connectivity index (χ2n) is 4.60. The van der Waals surface area contributed by atoms with E-state index in [4.69, 9.17) is 5.73 Å². The van der Waals surface area contributed by atoms with Gasteiger partial charge in [-0.1, -0.05) is 12.1 Å². The van der Waals surface area contributed by atoms with Gasteiger partial charge in [-0.05, 0) is 36.8 Å². The van der Waals surface area contributed by atoms with E-state index < -0.39 is 35.0 Å². The summed E-state index contributed by atoms with van der Waals surface area (Å²) in [4.78, 5) is 12.0. The SMILES string of the molecule is CC(C(=O)Nc1ccc(F)c(F)c1F)c1cccc(N)c1. The number of nitrogens with two attached hydrogens (primary N) is 1. The molecule has 0 aliphatic heterocycles. The smallest absolute Gasteiger partial charge is 0.231 e. The van der Waals surface area contributed by atoms with Gasteiger partial charge in [-0.3, -0.25) is 4.79 Å². The predicted octanol–water partition coefficient (Wildman–Crippen LogP) is 3.43. The number of benzene rings is 2. The molecule has 2 aromatic carbocycles. The molecule has 2 aromatic rings. The van der Waals surface area contributed by atoms with Crippen LogP contribution in [0.5, 0.6) is 0 Å². The second-order valence-corrected chi connectivity index (χ2v) is 4.60.